The van der Waals surface area contributed by atoms with E-state index in [1.54, 1.807) is 0 Å². The number of rotatable bonds is 5. The number of nitrogens with one attached hydrogen (secondary N) is 2. The van der Waals surface area contributed by atoms with Gasteiger partial charge in [-0.05, 0) is 6.42 Å². The third-order valence-corrected chi connectivity index (χ3v) is 2.69. The van der Waals surface area contributed by atoms with Crippen molar-refractivity contribution in [3.05, 3.63) is 0 Å². The van der Waals surface area contributed by atoms with Crippen molar-refractivity contribution in [2.24, 2.45) is 0 Å². The fraction of sp³-hybridized carbons (Fsp3) is 0.636. The number of carbonyl (C=O) groups is 4. The Morgan fingerprint density at radius 2 is 2.00 bits per heavy atom. The molecule has 10 heteroatoms. The minimum atomic E-state index is -1.20. The van der Waals surface area contributed by atoms with Crippen molar-refractivity contribution >= 4 is 24.0 Å². The quantitative estimate of drug-likeness (QED) is 0.578. The van der Waals surface area contributed by atoms with Crippen molar-refractivity contribution < 1.29 is 33.8 Å². The summed E-state index contributed by atoms with van der Waals surface area (Å²) < 4.78 is 9.00. The monoisotopic (exact) mass is 303 g/mol. The van der Waals surface area contributed by atoms with Crippen LogP contribution in [-0.2, 0) is 19.1 Å². The average molecular weight is 303 g/mol. The molecule has 3 N–H and O–H groups in total. The molecule has 0 aromatic heterocycles. The second-order valence-corrected chi connectivity index (χ2v) is 4.31. The molecule has 1 rings (SSSR count). The van der Waals surface area contributed by atoms with Crippen LogP contribution in [0, 0.1) is 0 Å². The maximum atomic E-state index is 11.7. The number of methoxy groups -OCH3 is 1. The number of carbonyl (C=O) groups excluding carboxylic acids is 3. The van der Waals surface area contributed by atoms with Crippen LogP contribution < -0.4 is 10.6 Å². The fourth-order valence-corrected chi connectivity index (χ4v) is 1.75. The van der Waals surface area contributed by atoms with Crippen LogP contribution in [0.5, 0.6) is 0 Å². The zero-order valence-corrected chi connectivity index (χ0v) is 11.5. The van der Waals surface area contributed by atoms with E-state index in [2.05, 4.69) is 20.1 Å². The van der Waals surface area contributed by atoms with Crippen LogP contribution in [0.25, 0.3) is 0 Å². The minimum Gasteiger partial charge on any atom is -0.480 e. The molecule has 0 spiro atoms. The van der Waals surface area contributed by atoms with Gasteiger partial charge in [-0.2, -0.15) is 0 Å². The number of hydrogen-bond donors (Lipinski definition) is 3. The van der Waals surface area contributed by atoms with Gasteiger partial charge >= 0.3 is 18.1 Å². The van der Waals surface area contributed by atoms with Gasteiger partial charge in [0.05, 0.1) is 13.2 Å². The van der Waals surface area contributed by atoms with Gasteiger partial charge in [0.25, 0.3) is 5.91 Å². The van der Waals surface area contributed by atoms with Crippen LogP contribution in [0.15, 0.2) is 0 Å². The number of alkyl carbamates (subject to hydrolysis) is 1. The first-order valence-corrected chi connectivity index (χ1v) is 6.15. The van der Waals surface area contributed by atoms with Crippen LogP contribution in [0.1, 0.15) is 6.42 Å². The van der Waals surface area contributed by atoms with Crippen molar-refractivity contribution in [3.63, 3.8) is 0 Å². The summed E-state index contributed by atoms with van der Waals surface area (Å²) in [4.78, 5) is 45.6. The number of amides is 4. The van der Waals surface area contributed by atoms with Gasteiger partial charge in [-0.1, -0.05) is 0 Å². The first-order chi connectivity index (χ1) is 9.92. The lowest BCUT2D eigenvalue weighted by Gasteiger charge is -2.16. The zero-order valence-electron chi connectivity index (χ0n) is 11.5. The third-order valence-electron chi connectivity index (χ3n) is 2.69. The number of urea groups is 1. The number of nitrogens with zero attached hydrogens (tertiary/aromatic N) is 1. The molecule has 0 aromatic rings. The molecular weight excluding hydrogens is 286 g/mol. The van der Waals surface area contributed by atoms with Gasteiger partial charge in [0.2, 0.25) is 0 Å². The van der Waals surface area contributed by atoms with Crippen LogP contribution in [-0.4, -0.2) is 73.5 Å². The van der Waals surface area contributed by atoms with E-state index in [1.165, 1.54) is 12.0 Å². The number of imide groups is 1. The van der Waals surface area contributed by atoms with Crippen LogP contribution >= 0.6 is 0 Å². The van der Waals surface area contributed by atoms with Crippen molar-refractivity contribution in [2.45, 2.75) is 12.5 Å². The SMILES string of the molecule is COC(=O)NC1CCN(C(=O)NC(=O)COCC(=O)O)C1. The lowest BCUT2D eigenvalue weighted by Crippen LogP contribution is -2.45. The Kier molecular flexibility index (Phi) is 6.40. The van der Waals surface area contributed by atoms with Gasteiger partial charge in [-0.15, -0.1) is 0 Å². The number of aliphatic carboxylic acids is 1. The molecule has 1 aliphatic heterocycles. The largest absolute Gasteiger partial charge is 0.480 e. The first kappa shape index (κ1) is 16.7. The molecule has 0 aliphatic carbocycles. The Morgan fingerprint density at radius 1 is 1.29 bits per heavy atom. The number of ether oxygens (including phenoxy) is 2. The molecule has 118 valence electrons. The van der Waals surface area contributed by atoms with Gasteiger partial charge in [-0.3, -0.25) is 10.1 Å². The zero-order chi connectivity index (χ0) is 15.8. The van der Waals surface area contributed by atoms with E-state index in [1.807, 2.05) is 0 Å². The lowest BCUT2D eigenvalue weighted by molar-refractivity contribution is -0.143. The second-order valence-electron chi connectivity index (χ2n) is 4.31. The molecule has 1 unspecified atom stereocenters. The van der Waals surface area contributed by atoms with Crippen molar-refractivity contribution in [1.29, 1.82) is 0 Å². The summed E-state index contributed by atoms with van der Waals surface area (Å²) in [6.07, 6.45) is -0.0351. The normalized spacial score (nSPS) is 17.2. The Bertz CT molecular complexity index is 426. The summed E-state index contributed by atoms with van der Waals surface area (Å²) in [5, 5.41) is 13.0. The Hall–Kier alpha value is -2.36. The van der Waals surface area contributed by atoms with E-state index in [-0.39, 0.29) is 12.6 Å². The number of likely N-dealkylation sites (tertiary alicyclic amines) is 1. The molecule has 0 bridgehead atoms. The van der Waals surface area contributed by atoms with Crippen LogP contribution in [0.3, 0.4) is 0 Å². The number of carboxylic acids is 1. The van der Waals surface area contributed by atoms with Gasteiger partial charge in [0.15, 0.2) is 0 Å². The molecule has 4 amide bonds. The van der Waals surface area contributed by atoms with Crippen molar-refractivity contribution in [3.8, 4) is 0 Å². The molecule has 0 radical (unpaired) electrons. The topological polar surface area (TPSA) is 134 Å². The molecule has 1 saturated heterocycles. The maximum absolute atomic E-state index is 11.7. The van der Waals surface area contributed by atoms with E-state index in [0.29, 0.717) is 13.0 Å². The standard InChI is InChI=1S/C11H17N3O7/c1-20-11(19)12-7-2-3-14(4-7)10(18)13-8(15)5-21-6-9(16)17/h7H,2-6H2,1H3,(H,12,19)(H,16,17)(H,13,15,18). The summed E-state index contributed by atoms with van der Waals surface area (Å²) in [7, 11) is 1.24. The predicted molar refractivity (Wildman–Crippen MR) is 67.5 cm³/mol. The molecule has 1 atom stereocenters. The molecule has 10 nitrogen and oxygen atoms in total. The second kappa shape index (κ2) is 8.04. The molecule has 0 aromatic carbocycles. The highest BCUT2D eigenvalue weighted by molar-refractivity contribution is 5.95. The molecule has 1 fully saturated rings. The predicted octanol–water partition coefficient (Wildman–Crippen LogP) is -1.25. The lowest BCUT2D eigenvalue weighted by atomic mass is 10.3. The molecule has 0 saturated carbocycles. The first-order valence-electron chi connectivity index (χ1n) is 6.15. The van der Waals surface area contributed by atoms with Gasteiger partial charge in [0.1, 0.15) is 13.2 Å². The third kappa shape index (κ3) is 6.08. The smallest absolute Gasteiger partial charge is 0.407 e. The Balaban J connectivity index is 2.28. The van der Waals surface area contributed by atoms with E-state index in [4.69, 9.17) is 5.11 Å². The Morgan fingerprint density at radius 3 is 2.62 bits per heavy atom. The molecule has 1 aliphatic rings. The van der Waals surface area contributed by atoms with E-state index < -0.39 is 37.2 Å². The van der Waals surface area contributed by atoms with Crippen molar-refractivity contribution in [2.75, 3.05) is 33.4 Å². The average Bonchev–Trinajstić information content (AvgIpc) is 2.86. The van der Waals surface area contributed by atoms with E-state index in [9.17, 15) is 19.2 Å². The molecular formula is C11H17N3O7. The summed E-state index contributed by atoms with van der Waals surface area (Å²) in [6, 6.07) is -0.852. The highest BCUT2D eigenvalue weighted by atomic mass is 16.5. The summed E-state index contributed by atoms with van der Waals surface area (Å²) in [5.74, 6) is -1.93. The van der Waals surface area contributed by atoms with Gasteiger partial charge in [0, 0.05) is 13.1 Å². The fourth-order valence-electron chi connectivity index (χ4n) is 1.75. The van der Waals surface area contributed by atoms with Crippen molar-refractivity contribution in [1.82, 2.24) is 15.5 Å². The van der Waals surface area contributed by atoms with Crippen LogP contribution in [0.4, 0.5) is 9.59 Å². The van der Waals surface area contributed by atoms with Gasteiger partial charge in [-0.25, -0.2) is 14.4 Å². The molecule has 1 heterocycles. The maximum Gasteiger partial charge on any atom is 0.407 e. The highest BCUT2D eigenvalue weighted by Gasteiger charge is 2.28. The van der Waals surface area contributed by atoms with Gasteiger partial charge < -0.3 is 24.8 Å². The number of carboxylic acid groups (broad SMARTS) is 1. The van der Waals surface area contributed by atoms with E-state index >= 15 is 0 Å². The highest BCUT2D eigenvalue weighted by Crippen LogP contribution is 2.09. The summed E-state index contributed by atoms with van der Waals surface area (Å²) in [5.41, 5.74) is 0. The molecule has 21 heavy (non-hydrogen) atoms. The summed E-state index contributed by atoms with van der Waals surface area (Å²) >= 11 is 0. The summed E-state index contributed by atoms with van der Waals surface area (Å²) in [6.45, 7) is -0.500. The van der Waals surface area contributed by atoms with E-state index in [0.717, 1.165) is 0 Å². The Labute approximate surface area is 120 Å². The minimum absolute atomic E-state index is 0.235. The van der Waals surface area contributed by atoms with Crippen LogP contribution in [0.2, 0.25) is 0 Å². The number of hydrogen-bond acceptors (Lipinski definition) is 6.